The van der Waals surface area contributed by atoms with Gasteiger partial charge in [-0.2, -0.15) is 0 Å². The van der Waals surface area contributed by atoms with Crippen LogP contribution in [0, 0.1) is 6.92 Å². The quantitative estimate of drug-likeness (QED) is 0.473. The van der Waals surface area contributed by atoms with Crippen LogP contribution in [-0.2, 0) is 6.54 Å². The average molecular weight is 408 g/mol. The molecule has 0 atom stereocenters. The Morgan fingerprint density at radius 2 is 1.74 bits per heavy atom. The summed E-state index contributed by atoms with van der Waals surface area (Å²) in [5, 5.41) is 3.35. The van der Waals surface area contributed by atoms with Crippen molar-refractivity contribution in [1.29, 1.82) is 0 Å². The SMILES string of the molecule is Cc1cc(Nc2ccc3c(c2)C(=O)N(c2cccc(Oc4ccncc4)c2)C3)ccn1. The van der Waals surface area contributed by atoms with Gasteiger partial charge in [0.25, 0.3) is 5.91 Å². The van der Waals surface area contributed by atoms with Gasteiger partial charge in [0, 0.05) is 53.0 Å². The van der Waals surface area contributed by atoms with Gasteiger partial charge in [-0.3, -0.25) is 14.8 Å². The molecule has 0 saturated carbocycles. The van der Waals surface area contributed by atoms with E-state index in [4.69, 9.17) is 4.74 Å². The second kappa shape index (κ2) is 7.91. The first-order valence-corrected chi connectivity index (χ1v) is 9.98. The molecule has 3 heterocycles. The van der Waals surface area contributed by atoms with Crippen molar-refractivity contribution in [1.82, 2.24) is 9.97 Å². The molecule has 0 unspecified atom stereocenters. The highest BCUT2D eigenvalue weighted by Crippen LogP contribution is 2.33. The van der Waals surface area contributed by atoms with Crippen LogP contribution in [0.4, 0.5) is 17.1 Å². The highest BCUT2D eigenvalue weighted by molar-refractivity contribution is 6.10. The largest absolute Gasteiger partial charge is 0.457 e. The maximum atomic E-state index is 13.2. The van der Waals surface area contributed by atoms with Gasteiger partial charge in [0.05, 0.1) is 6.54 Å². The van der Waals surface area contributed by atoms with Crippen LogP contribution in [-0.4, -0.2) is 15.9 Å². The molecule has 1 amide bonds. The molecule has 152 valence electrons. The molecular formula is C25H20N4O2. The smallest absolute Gasteiger partial charge is 0.259 e. The minimum absolute atomic E-state index is 0.0226. The van der Waals surface area contributed by atoms with Crippen LogP contribution in [0.3, 0.4) is 0 Å². The van der Waals surface area contributed by atoms with Gasteiger partial charge >= 0.3 is 0 Å². The van der Waals surface area contributed by atoms with Crippen molar-refractivity contribution < 1.29 is 9.53 Å². The third kappa shape index (κ3) is 3.96. The van der Waals surface area contributed by atoms with Gasteiger partial charge in [0.1, 0.15) is 11.5 Å². The molecular weight excluding hydrogens is 388 g/mol. The van der Waals surface area contributed by atoms with Gasteiger partial charge in [0.15, 0.2) is 0 Å². The highest BCUT2D eigenvalue weighted by Gasteiger charge is 2.29. The van der Waals surface area contributed by atoms with Gasteiger partial charge in [-0.25, -0.2) is 0 Å². The number of aromatic nitrogens is 2. The summed E-state index contributed by atoms with van der Waals surface area (Å²) in [4.78, 5) is 23.1. The fourth-order valence-corrected chi connectivity index (χ4v) is 3.63. The number of hydrogen-bond donors (Lipinski definition) is 1. The molecule has 0 spiro atoms. The molecule has 1 aliphatic heterocycles. The Kier molecular flexibility index (Phi) is 4.80. The predicted octanol–water partition coefficient (Wildman–Crippen LogP) is 5.48. The van der Waals surface area contributed by atoms with Crippen LogP contribution in [0.5, 0.6) is 11.5 Å². The van der Waals surface area contributed by atoms with E-state index in [1.54, 1.807) is 35.6 Å². The zero-order valence-electron chi connectivity index (χ0n) is 16.9. The third-order valence-corrected chi connectivity index (χ3v) is 5.11. The number of carbonyl (C=O) groups is 1. The number of pyridine rings is 2. The Bertz CT molecular complexity index is 1260. The van der Waals surface area contributed by atoms with E-state index in [1.807, 2.05) is 61.5 Å². The fraction of sp³-hybridized carbons (Fsp3) is 0.0800. The van der Waals surface area contributed by atoms with Crippen molar-refractivity contribution in [3.63, 3.8) is 0 Å². The number of benzene rings is 2. The Morgan fingerprint density at radius 3 is 2.58 bits per heavy atom. The molecule has 0 aliphatic carbocycles. The Morgan fingerprint density at radius 1 is 0.903 bits per heavy atom. The van der Waals surface area contributed by atoms with Gasteiger partial charge in [-0.1, -0.05) is 12.1 Å². The van der Waals surface area contributed by atoms with Crippen LogP contribution in [0.15, 0.2) is 85.3 Å². The molecule has 6 heteroatoms. The van der Waals surface area contributed by atoms with Crippen LogP contribution in [0.1, 0.15) is 21.6 Å². The summed E-state index contributed by atoms with van der Waals surface area (Å²) >= 11 is 0. The van der Waals surface area contributed by atoms with Crippen LogP contribution in [0.2, 0.25) is 0 Å². The number of nitrogens with zero attached hydrogens (tertiary/aromatic N) is 3. The molecule has 1 aliphatic rings. The molecule has 0 bridgehead atoms. The zero-order valence-corrected chi connectivity index (χ0v) is 16.9. The van der Waals surface area contributed by atoms with E-state index in [1.165, 1.54) is 0 Å². The number of aryl methyl sites for hydroxylation is 1. The summed E-state index contributed by atoms with van der Waals surface area (Å²) in [6.07, 6.45) is 5.12. The van der Waals surface area contributed by atoms with Crippen molar-refractivity contribution in [2.75, 3.05) is 10.2 Å². The normalized spacial score (nSPS) is 12.5. The van der Waals surface area contributed by atoms with E-state index in [0.717, 1.165) is 28.3 Å². The van der Waals surface area contributed by atoms with Crippen LogP contribution in [0.25, 0.3) is 0 Å². The van der Waals surface area contributed by atoms with E-state index in [0.29, 0.717) is 23.6 Å². The number of carbonyl (C=O) groups excluding carboxylic acids is 1. The molecule has 0 fully saturated rings. The van der Waals surface area contributed by atoms with Gasteiger partial charge in [-0.15, -0.1) is 0 Å². The first-order valence-electron chi connectivity index (χ1n) is 9.98. The molecule has 5 rings (SSSR count). The van der Waals surface area contributed by atoms with E-state index >= 15 is 0 Å². The van der Waals surface area contributed by atoms with Crippen molar-refractivity contribution in [2.24, 2.45) is 0 Å². The summed E-state index contributed by atoms with van der Waals surface area (Å²) in [5.74, 6) is 1.35. The van der Waals surface area contributed by atoms with E-state index in [-0.39, 0.29) is 5.91 Å². The molecule has 6 nitrogen and oxygen atoms in total. The number of amides is 1. The number of rotatable bonds is 5. The monoisotopic (exact) mass is 408 g/mol. The summed E-state index contributed by atoms with van der Waals surface area (Å²) in [6.45, 7) is 2.48. The average Bonchev–Trinajstić information content (AvgIpc) is 3.11. The minimum atomic E-state index is -0.0226. The van der Waals surface area contributed by atoms with Gasteiger partial charge in [0.2, 0.25) is 0 Å². The van der Waals surface area contributed by atoms with E-state index < -0.39 is 0 Å². The molecule has 1 N–H and O–H groups in total. The second-order valence-electron chi connectivity index (χ2n) is 7.36. The lowest BCUT2D eigenvalue weighted by Crippen LogP contribution is -2.22. The zero-order chi connectivity index (χ0) is 21.2. The van der Waals surface area contributed by atoms with Crippen molar-refractivity contribution in [3.05, 3.63) is 102 Å². The minimum Gasteiger partial charge on any atom is -0.457 e. The molecule has 0 radical (unpaired) electrons. The molecule has 2 aromatic heterocycles. The van der Waals surface area contributed by atoms with E-state index in [2.05, 4.69) is 15.3 Å². The maximum absolute atomic E-state index is 13.2. The van der Waals surface area contributed by atoms with Crippen molar-refractivity contribution >= 4 is 23.0 Å². The number of hydrogen-bond acceptors (Lipinski definition) is 5. The number of fused-ring (bicyclic) bond motifs is 1. The molecule has 4 aromatic rings. The molecule has 0 saturated heterocycles. The lowest BCUT2D eigenvalue weighted by Gasteiger charge is -2.17. The Balaban J connectivity index is 1.37. The number of nitrogens with one attached hydrogen (secondary N) is 1. The standard InChI is InChI=1S/C25H20N4O2/c1-17-13-20(7-12-27-17)28-19-6-5-18-16-29(25(30)24(18)14-19)21-3-2-4-23(15-21)31-22-8-10-26-11-9-22/h2-15H,16H2,1H3,(H,27,28). The highest BCUT2D eigenvalue weighted by atomic mass is 16.5. The molecule has 31 heavy (non-hydrogen) atoms. The summed E-state index contributed by atoms with van der Waals surface area (Å²) in [5.41, 5.74) is 5.25. The van der Waals surface area contributed by atoms with Crippen LogP contribution < -0.4 is 15.0 Å². The first kappa shape index (κ1) is 18.8. The lowest BCUT2D eigenvalue weighted by molar-refractivity contribution is 0.0996. The third-order valence-electron chi connectivity index (χ3n) is 5.11. The van der Waals surface area contributed by atoms with E-state index in [9.17, 15) is 4.79 Å². The topological polar surface area (TPSA) is 67.4 Å². The van der Waals surface area contributed by atoms with Gasteiger partial charge < -0.3 is 15.0 Å². The van der Waals surface area contributed by atoms with Crippen molar-refractivity contribution in [3.8, 4) is 11.5 Å². The second-order valence-corrected chi connectivity index (χ2v) is 7.36. The van der Waals surface area contributed by atoms with Crippen LogP contribution >= 0.6 is 0 Å². The Labute approximate surface area is 180 Å². The predicted molar refractivity (Wildman–Crippen MR) is 120 cm³/mol. The number of ether oxygens (including phenoxy) is 1. The van der Waals surface area contributed by atoms with Gasteiger partial charge in [-0.05, 0) is 61.0 Å². The van der Waals surface area contributed by atoms with Crippen molar-refractivity contribution in [2.45, 2.75) is 13.5 Å². The number of anilines is 3. The lowest BCUT2D eigenvalue weighted by atomic mass is 10.1. The molecule has 2 aromatic carbocycles. The Hall–Kier alpha value is -4.19. The maximum Gasteiger partial charge on any atom is 0.259 e. The summed E-state index contributed by atoms with van der Waals surface area (Å²) in [6, 6.07) is 20.9. The fourth-order valence-electron chi connectivity index (χ4n) is 3.63. The summed E-state index contributed by atoms with van der Waals surface area (Å²) in [7, 11) is 0. The summed E-state index contributed by atoms with van der Waals surface area (Å²) < 4.78 is 5.89. The first-order chi connectivity index (χ1) is 15.2.